The Balaban J connectivity index is 1.48. The third kappa shape index (κ3) is 3.71. The van der Waals surface area contributed by atoms with Crippen LogP contribution in [0.5, 0.6) is 0 Å². The number of carbonyl (C=O) groups excluding carboxylic acids is 1. The molecule has 31 heavy (non-hydrogen) atoms. The van der Waals surface area contributed by atoms with E-state index in [1.165, 1.54) is 6.42 Å². The molecule has 4 N–H and O–H groups in total. The Labute approximate surface area is 178 Å². The number of fused-ring (bicyclic) bond motifs is 1. The van der Waals surface area contributed by atoms with Crippen LogP contribution in [0.1, 0.15) is 41.5 Å². The molecule has 0 spiro atoms. The summed E-state index contributed by atoms with van der Waals surface area (Å²) >= 11 is 0. The lowest BCUT2D eigenvalue weighted by molar-refractivity contribution is 0.102. The lowest BCUT2D eigenvalue weighted by Crippen LogP contribution is -2.28. The summed E-state index contributed by atoms with van der Waals surface area (Å²) in [6.07, 6.45) is 10.1. The average molecular weight is 414 g/mol. The van der Waals surface area contributed by atoms with Crippen molar-refractivity contribution in [2.75, 3.05) is 17.6 Å². The Morgan fingerprint density at radius 2 is 1.90 bits per heavy atom. The zero-order valence-corrected chi connectivity index (χ0v) is 16.8. The molecule has 4 aromatic rings. The number of piperidine rings is 1. The number of hydrogen-bond acceptors (Lipinski definition) is 7. The molecule has 0 bridgehead atoms. The van der Waals surface area contributed by atoms with Gasteiger partial charge in [0.25, 0.3) is 5.91 Å². The van der Waals surface area contributed by atoms with Crippen molar-refractivity contribution in [1.82, 2.24) is 29.7 Å². The van der Waals surface area contributed by atoms with Crippen LogP contribution in [0.25, 0.3) is 16.8 Å². The molecule has 1 atom stereocenters. The molecule has 9 nitrogen and oxygen atoms in total. The van der Waals surface area contributed by atoms with Gasteiger partial charge in [0.05, 0.1) is 6.04 Å². The van der Waals surface area contributed by atoms with E-state index in [1.807, 2.05) is 22.7 Å². The number of anilines is 2. The van der Waals surface area contributed by atoms with Gasteiger partial charge in [-0.3, -0.25) is 14.5 Å². The lowest BCUT2D eigenvalue weighted by Gasteiger charge is -2.22. The van der Waals surface area contributed by atoms with Crippen LogP contribution < -0.4 is 16.4 Å². The third-order valence-corrected chi connectivity index (χ3v) is 5.44. The van der Waals surface area contributed by atoms with Gasteiger partial charge in [0, 0.05) is 35.9 Å². The first-order chi connectivity index (χ1) is 15.2. The molecule has 1 saturated heterocycles. The van der Waals surface area contributed by atoms with E-state index in [9.17, 15) is 4.79 Å². The van der Waals surface area contributed by atoms with Crippen molar-refractivity contribution in [3.05, 3.63) is 66.5 Å². The Morgan fingerprint density at radius 1 is 1.10 bits per heavy atom. The van der Waals surface area contributed by atoms with E-state index >= 15 is 0 Å². The number of hydrogen-bond donors (Lipinski definition) is 3. The SMILES string of the molecule is Nc1nccn2c(C3CCCCN3)nc(-c3ccc(C(=O)Nc4ncccn4)cc3)c12. The Bertz CT molecular complexity index is 1210. The van der Waals surface area contributed by atoms with E-state index in [2.05, 4.69) is 25.6 Å². The molecule has 1 aliphatic rings. The fraction of sp³-hybridized carbons (Fsp3) is 0.227. The molecule has 0 aliphatic carbocycles. The number of nitrogens with two attached hydrogens (primary N) is 1. The number of aromatic nitrogens is 5. The Hall–Kier alpha value is -3.85. The van der Waals surface area contributed by atoms with Crippen LogP contribution >= 0.6 is 0 Å². The number of amides is 1. The van der Waals surface area contributed by atoms with Crippen molar-refractivity contribution < 1.29 is 4.79 Å². The van der Waals surface area contributed by atoms with Crippen LogP contribution in [-0.4, -0.2) is 36.8 Å². The van der Waals surface area contributed by atoms with Crippen LogP contribution in [0.3, 0.4) is 0 Å². The molecular weight excluding hydrogens is 392 g/mol. The van der Waals surface area contributed by atoms with Gasteiger partial charge in [0.15, 0.2) is 0 Å². The van der Waals surface area contributed by atoms with Crippen molar-refractivity contribution >= 4 is 23.2 Å². The minimum absolute atomic E-state index is 0.174. The highest BCUT2D eigenvalue weighted by atomic mass is 16.1. The van der Waals surface area contributed by atoms with Gasteiger partial charge in [-0.05, 0) is 37.6 Å². The summed E-state index contributed by atoms with van der Waals surface area (Å²) < 4.78 is 2.02. The van der Waals surface area contributed by atoms with Crippen molar-refractivity contribution in [2.24, 2.45) is 0 Å². The van der Waals surface area contributed by atoms with Crippen LogP contribution in [0, 0.1) is 0 Å². The van der Waals surface area contributed by atoms with Gasteiger partial charge in [-0.2, -0.15) is 0 Å². The fourth-order valence-corrected chi connectivity index (χ4v) is 3.92. The predicted octanol–water partition coefficient (Wildman–Crippen LogP) is 2.84. The van der Waals surface area contributed by atoms with Crippen molar-refractivity contribution in [1.29, 1.82) is 0 Å². The van der Waals surface area contributed by atoms with Gasteiger partial charge < -0.3 is 11.1 Å². The van der Waals surface area contributed by atoms with Gasteiger partial charge in [0.1, 0.15) is 22.9 Å². The predicted molar refractivity (Wildman–Crippen MR) is 117 cm³/mol. The van der Waals surface area contributed by atoms with Crippen molar-refractivity contribution in [2.45, 2.75) is 25.3 Å². The number of benzene rings is 1. The summed E-state index contributed by atoms with van der Waals surface area (Å²) in [4.78, 5) is 29.7. The first-order valence-electron chi connectivity index (χ1n) is 10.3. The number of nitrogen functional groups attached to an aromatic ring is 1. The van der Waals surface area contributed by atoms with E-state index in [1.54, 1.807) is 36.8 Å². The quantitative estimate of drug-likeness (QED) is 0.469. The highest BCUT2D eigenvalue weighted by Crippen LogP contribution is 2.32. The molecule has 0 radical (unpaired) electrons. The zero-order valence-electron chi connectivity index (χ0n) is 16.8. The highest BCUT2D eigenvalue weighted by Gasteiger charge is 2.23. The maximum atomic E-state index is 12.5. The van der Waals surface area contributed by atoms with Gasteiger partial charge in [-0.15, -0.1) is 0 Å². The minimum atomic E-state index is -0.277. The summed E-state index contributed by atoms with van der Waals surface area (Å²) in [7, 11) is 0. The van der Waals surface area contributed by atoms with E-state index in [0.29, 0.717) is 11.4 Å². The second-order valence-electron chi connectivity index (χ2n) is 7.46. The number of rotatable bonds is 4. The van der Waals surface area contributed by atoms with E-state index in [-0.39, 0.29) is 17.9 Å². The third-order valence-electron chi connectivity index (χ3n) is 5.44. The van der Waals surface area contributed by atoms with Gasteiger partial charge in [-0.1, -0.05) is 18.6 Å². The molecule has 1 fully saturated rings. The Morgan fingerprint density at radius 3 is 2.65 bits per heavy atom. The molecule has 1 amide bonds. The molecule has 3 aromatic heterocycles. The molecule has 1 aliphatic heterocycles. The standard InChI is InChI=1S/C22H22N8O/c23-19-18-17(28-20(30(18)13-12-25-19)16-4-1-2-9-24-16)14-5-7-15(8-6-14)21(31)29-22-26-10-3-11-27-22/h3,5-8,10-13,16,24H,1-2,4,9H2,(H2,23,25)(H,26,27,29,31). The van der Waals surface area contributed by atoms with Crippen molar-refractivity contribution in [3.63, 3.8) is 0 Å². The fourth-order valence-electron chi connectivity index (χ4n) is 3.92. The minimum Gasteiger partial charge on any atom is -0.382 e. The molecular formula is C22H22N8O. The highest BCUT2D eigenvalue weighted by molar-refractivity contribution is 6.03. The van der Waals surface area contributed by atoms with E-state index in [4.69, 9.17) is 10.7 Å². The van der Waals surface area contributed by atoms with E-state index < -0.39 is 0 Å². The molecule has 4 heterocycles. The summed E-state index contributed by atoms with van der Waals surface area (Å²) in [5.74, 6) is 1.35. The summed E-state index contributed by atoms with van der Waals surface area (Å²) in [5.41, 5.74) is 9.13. The van der Waals surface area contributed by atoms with Gasteiger partial charge in [0.2, 0.25) is 5.95 Å². The first kappa shape index (κ1) is 19.1. The van der Waals surface area contributed by atoms with Crippen LogP contribution in [0.4, 0.5) is 11.8 Å². The maximum absolute atomic E-state index is 12.5. The Kier molecular flexibility index (Phi) is 5.01. The first-order valence-corrected chi connectivity index (χ1v) is 10.3. The average Bonchev–Trinajstić information content (AvgIpc) is 3.21. The summed E-state index contributed by atoms with van der Waals surface area (Å²) in [6.45, 7) is 0.977. The molecule has 156 valence electrons. The van der Waals surface area contributed by atoms with E-state index in [0.717, 1.165) is 42.0 Å². The topological polar surface area (TPSA) is 123 Å². The number of nitrogens with one attached hydrogen (secondary N) is 2. The monoisotopic (exact) mass is 414 g/mol. The second-order valence-corrected chi connectivity index (χ2v) is 7.46. The molecule has 1 aromatic carbocycles. The summed E-state index contributed by atoms with van der Waals surface area (Å²) in [6, 6.07) is 9.11. The van der Waals surface area contributed by atoms with Crippen LogP contribution in [-0.2, 0) is 0 Å². The molecule has 9 heteroatoms. The number of carbonyl (C=O) groups is 1. The largest absolute Gasteiger partial charge is 0.382 e. The van der Waals surface area contributed by atoms with Gasteiger partial charge in [-0.25, -0.2) is 19.9 Å². The zero-order chi connectivity index (χ0) is 21.2. The lowest BCUT2D eigenvalue weighted by atomic mass is 10.0. The second kappa shape index (κ2) is 8.11. The smallest absolute Gasteiger partial charge is 0.258 e. The number of nitrogens with zero attached hydrogens (tertiary/aromatic N) is 5. The number of imidazole rings is 1. The molecule has 0 saturated carbocycles. The molecule has 1 unspecified atom stereocenters. The van der Waals surface area contributed by atoms with Crippen LogP contribution in [0.2, 0.25) is 0 Å². The summed E-state index contributed by atoms with van der Waals surface area (Å²) in [5, 5.41) is 6.23. The van der Waals surface area contributed by atoms with Crippen LogP contribution in [0.15, 0.2) is 55.1 Å². The molecule has 5 rings (SSSR count). The maximum Gasteiger partial charge on any atom is 0.258 e. The van der Waals surface area contributed by atoms with Gasteiger partial charge >= 0.3 is 0 Å². The van der Waals surface area contributed by atoms with Crippen molar-refractivity contribution in [3.8, 4) is 11.3 Å². The normalized spacial score (nSPS) is 16.3.